The van der Waals surface area contributed by atoms with Crippen molar-refractivity contribution in [3.8, 4) is 0 Å². The summed E-state index contributed by atoms with van der Waals surface area (Å²) >= 11 is 0. The van der Waals surface area contributed by atoms with Gasteiger partial charge in [0, 0.05) is 30.9 Å². The highest BCUT2D eigenvalue weighted by atomic mass is 16.3. The lowest BCUT2D eigenvalue weighted by molar-refractivity contribution is -0.126. The SMILES string of the molecule is CNC(=O)C1CCCCC1NCc1c(C)nn(CCO)c1C. The minimum atomic E-state index is 0.0619. The molecule has 1 heterocycles. The van der Waals surface area contributed by atoms with Gasteiger partial charge in [0.2, 0.25) is 5.91 Å². The third kappa shape index (κ3) is 3.67. The molecule has 2 atom stereocenters. The predicted octanol–water partition coefficient (Wildman–Crippen LogP) is 0.887. The molecule has 1 aliphatic rings. The topological polar surface area (TPSA) is 79.2 Å². The number of aromatic nitrogens is 2. The largest absolute Gasteiger partial charge is 0.394 e. The molecule has 0 aromatic carbocycles. The smallest absolute Gasteiger partial charge is 0.224 e. The molecule has 2 rings (SSSR count). The van der Waals surface area contributed by atoms with Gasteiger partial charge in [0.15, 0.2) is 0 Å². The van der Waals surface area contributed by atoms with Crippen LogP contribution in [0.2, 0.25) is 0 Å². The molecule has 1 aromatic rings. The van der Waals surface area contributed by atoms with Crippen LogP contribution in [0.4, 0.5) is 0 Å². The van der Waals surface area contributed by atoms with Gasteiger partial charge in [-0.3, -0.25) is 9.48 Å². The van der Waals surface area contributed by atoms with E-state index in [0.717, 1.165) is 37.2 Å². The van der Waals surface area contributed by atoms with Gasteiger partial charge in [0.05, 0.1) is 24.8 Å². The highest BCUT2D eigenvalue weighted by molar-refractivity contribution is 5.79. The average Bonchev–Trinajstić information content (AvgIpc) is 2.79. The molecule has 1 aromatic heterocycles. The van der Waals surface area contributed by atoms with Crippen LogP contribution in [-0.4, -0.2) is 40.5 Å². The first-order valence-electron chi connectivity index (χ1n) is 8.17. The minimum Gasteiger partial charge on any atom is -0.394 e. The molecule has 2 unspecified atom stereocenters. The second-order valence-corrected chi connectivity index (χ2v) is 6.09. The van der Waals surface area contributed by atoms with E-state index in [-0.39, 0.29) is 24.5 Å². The van der Waals surface area contributed by atoms with Crippen LogP contribution in [0.5, 0.6) is 0 Å². The van der Waals surface area contributed by atoms with E-state index in [0.29, 0.717) is 6.54 Å². The number of carbonyl (C=O) groups excluding carboxylic acids is 1. The standard InChI is InChI=1S/C16H28N4O2/c1-11-14(12(2)20(19-11)8-9-21)10-18-15-7-5-4-6-13(15)16(22)17-3/h13,15,18,21H,4-10H2,1-3H3,(H,17,22). The normalized spacial score (nSPS) is 21.8. The van der Waals surface area contributed by atoms with Gasteiger partial charge >= 0.3 is 0 Å². The third-order valence-electron chi connectivity index (χ3n) is 4.73. The number of hydrogen-bond acceptors (Lipinski definition) is 4. The number of aliphatic hydroxyl groups excluding tert-OH is 1. The summed E-state index contributed by atoms with van der Waals surface area (Å²) < 4.78 is 1.85. The lowest BCUT2D eigenvalue weighted by atomic mass is 9.83. The number of amides is 1. The Labute approximate surface area is 132 Å². The van der Waals surface area contributed by atoms with Crippen molar-refractivity contribution in [3.05, 3.63) is 17.0 Å². The predicted molar refractivity (Wildman–Crippen MR) is 85.4 cm³/mol. The number of carbonyl (C=O) groups is 1. The molecular formula is C16H28N4O2. The fraction of sp³-hybridized carbons (Fsp3) is 0.750. The van der Waals surface area contributed by atoms with Gasteiger partial charge in [-0.25, -0.2) is 0 Å². The van der Waals surface area contributed by atoms with Gasteiger partial charge in [-0.2, -0.15) is 5.10 Å². The number of nitrogens with one attached hydrogen (secondary N) is 2. The number of rotatable bonds is 6. The fourth-order valence-corrected chi connectivity index (χ4v) is 3.41. The summed E-state index contributed by atoms with van der Waals surface area (Å²) in [5.74, 6) is 0.202. The Hall–Kier alpha value is -1.40. The van der Waals surface area contributed by atoms with Crippen LogP contribution in [0, 0.1) is 19.8 Å². The van der Waals surface area contributed by atoms with Crippen LogP contribution in [0.3, 0.4) is 0 Å². The zero-order chi connectivity index (χ0) is 16.1. The second kappa shape index (κ2) is 7.74. The quantitative estimate of drug-likeness (QED) is 0.729. The third-order valence-corrected chi connectivity index (χ3v) is 4.73. The zero-order valence-electron chi connectivity index (χ0n) is 13.9. The van der Waals surface area contributed by atoms with Gasteiger partial charge in [0.1, 0.15) is 0 Å². The van der Waals surface area contributed by atoms with Crippen LogP contribution in [0.15, 0.2) is 0 Å². The molecule has 124 valence electrons. The summed E-state index contributed by atoms with van der Waals surface area (Å²) in [5, 5.41) is 19.9. The van der Waals surface area contributed by atoms with E-state index in [1.54, 1.807) is 7.05 Å². The Bertz CT molecular complexity index is 512. The number of aliphatic hydroxyl groups is 1. The lowest BCUT2D eigenvalue weighted by Crippen LogP contribution is -2.45. The molecule has 1 aliphatic carbocycles. The first kappa shape index (κ1) is 17.0. The molecule has 0 bridgehead atoms. The maximum atomic E-state index is 12.0. The van der Waals surface area contributed by atoms with Gasteiger partial charge in [-0.15, -0.1) is 0 Å². The number of nitrogens with zero attached hydrogens (tertiary/aromatic N) is 2. The molecular weight excluding hydrogens is 280 g/mol. The molecule has 1 amide bonds. The van der Waals surface area contributed by atoms with Crippen LogP contribution < -0.4 is 10.6 Å². The molecule has 22 heavy (non-hydrogen) atoms. The van der Waals surface area contributed by atoms with E-state index in [2.05, 4.69) is 15.7 Å². The maximum Gasteiger partial charge on any atom is 0.224 e. The van der Waals surface area contributed by atoms with Crippen molar-refractivity contribution in [2.75, 3.05) is 13.7 Å². The van der Waals surface area contributed by atoms with Crippen molar-refractivity contribution in [2.45, 2.75) is 58.7 Å². The number of hydrogen-bond donors (Lipinski definition) is 3. The average molecular weight is 308 g/mol. The molecule has 3 N–H and O–H groups in total. The highest BCUT2D eigenvalue weighted by Gasteiger charge is 2.30. The first-order valence-corrected chi connectivity index (χ1v) is 8.17. The molecule has 0 saturated heterocycles. The summed E-state index contributed by atoms with van der Waals surface area (Å²) in [6, 6.07) is 0.230. The van der Waals surface area contributed by atoms with Gasteiger partial charge in [-0.05, 0) is 26.7 Å². The van der Waals surface area contributed by atoms with Crippen molar-refractivity contribution >= 4 is 5.91 Å². The van der Waals surface area contributed by atoms with E-state index in [1.165, 1.54) is 12.0 Å². The molecule has 1 fully saturated rings. The Morgan fingerprint density at radius 1 is 1.36 bits per heavy atom. The molecule has 6 heteroatoms. The van der Waals surface area contributed by atoms with Crippen molar-refractivity contribution in [3.63, 3.8) is 0 Å². The van der Waals surface area contributed by atoms with Crippen molar-refractivity contribution in [1.82, 2.24) is 20.4 Å². The molecule has 0 aliphatic heterocycles. The first-order chi connectivity index (χ1) is 10.6. The Balaban J connectivity index is 2.03. The summed E-state index contributed by atoms with van der Waals surface area (Å²) in [6.07, 6.45) is 4.30. The second-order valence-electron chi connectivity index (χ2n) is 6.09. The zero-order valence-corrected chi connectivity index (χ0v) is 13.9. The van der Waals surface area contributed by atoms with Crippen LogP contribution in [0.1, 0.15) is 42.6 Å². The van der Waals surface area contributed by atoms with E-state index < -0.39 is 0 Å². The van der Waals surface area contributed by atoms with Gasteiger partial charge in [-0.1, -0.05) is 12.8 Å². The fourth-order valence-electron chi connectivity index (χ4n) is 3.41. The number of aryl methyl sites for hydroxylation is 1. The van der Waals surface area contributed by atoms with E-state index in [4.69, 9.17) is 5.11 Å². The molecule has 0 spiro atoms. The monoisotopic (exact) mass is 308 g/mol. The van der Waals surface area contributed by atoms with Crippen molar-refractivity contribution < 1.29 is 9.90 Å². The van der Waals surface area contributed by atoms with Gasteiger partial charge in [0.25, 0.3) is 0 Å². The lowest BCUT2D eigenvalue weighted by Gasteiger charge is -2.31. The molecule has 1 saturated carbocycles. The summed E-state index contributed by atoms with van der Waals surface area (Å²) in [7, 11) is 1.71. The summed E-state index contributed by atoms with van der Waals surface area (Å²) in [6.45, 7) is 5.37. The van der Waals surface area contributed by atoms with Gasteiger partial charge < -0.3 is 15.7 Å². The maximum absolute atomic E-state index is 12.0. The van der Waals surface area contributed by atoms with Crippen molar-refractivity contribution in [1.29, 1.82) is 0 Å². The highest BCUT2D eigenvalue weighted by Crippen LogP contribution is 2.25. The molecule has 0 radical (unpaired) electrons. The van der Waals surface area contributed by atoms with Crippen LogP contribution in [-0.2, 0) is 17.9 Å². The van der Waals surface area contributed by atoms with Crippen LogP contribution in [0.25, 0.3) is 0 Å². The van der Waals surface area contributed by atoms with E-state index in [9.17, 15) is 4.79 Å². The Morgan fingerprint density at radius 3 is 2.77 bits per heavy atom. The summed E-state index contributed by atoms with van der Waals surface area (Å²) in [5.41, 5.74) is 3.26. The van der Waals surface area contributed by atoms with E-state index >= 15 is 0 Å². The summed E-state index contributed by atoms with van der Waals surface area (Å²) in [4.78, 5) is 12.0. The Morgan fingerprint density at radius 2 is 2.09 bits per heavy atom. The Kier molecular flexibility index (Phi) is 5.97. The molecule has 6 nitrogen and oxygen atoms in total. The van der Waals surface area contributed by atoms with Crippen LogP contribution >= 0.6 is 0 Å². The van der Waals surface area contributed by atoms with Crippen molar-refractivity contribution in [2.24, 2.45) is 5.92 Å². The van der Waals surface area contributed by atoms with E-state index in [1.807, 2.05) is 18.5 Å². The minimum absolute atomic E-state index is 0.0619.